The molecular weight excluding hydrogens is 274 g/mol. The molecule has 0 aliphatic heterocycles. The van der Waals surface area contributed by atoms with E-state index in [1.807, 2.05) is 66.9 Å². The lowest BCUT2D eigenvalue weighted by Crippen LogP contribution is -2.30. The van der Waals surface area contributed by atoms with Gasteiger partial charge in [-0.1, -0.05) is 48.6 Å². The topological polar surface area (TPSA) is 20.3 Å². The molecular formula is C15H13NOS2. The second-order valence-electron chi connectivity index (χ2n) is 3.80. The van der Waals surface area contributed by atoms with E-state index in [1.54, 1.807) is 4.90 Å². The Labute approximate surface area is 122 Å². The predicted molar refractivity (Wildman–Crippen MR) is 86.1 cm³/mol. The highest BCUT2D eigenvalue weighted by Gasteiger charge is 2.20. The molecule has 96 valence electrons. The van der Waals surface area contributed by atoms with Crippen LogP contribution in [0.4, 0.5) is 11.4 Å². The van der Waals surface area contributed by atoms with E-state index < -0.39 is 0 Å². The van der Waals surface area contributed by atoms with Crippen molar-refractivity contribution >= 4 is 45.5 Å². The molecule has 2 aromatic rings. The van der Waals surface area contributed by atoms with Gasteiger partial charge in [-0.05, 0) is 30.5 Å². The molecule has 2 aromatic carbocycles. The van der Waals surface area contributed by atoms with E-state index in [0.29, 0.717) is 4.20 Å². The van der Waals surface area contributed by atoms with Crippen molar-refractivity contribution in [3.05, 3.63) is 60.7 Å². The maximum atomic E-state index is 12.4. The Morgan fingerprint density at radius 1 is 0.947 bits per heavy atom. The third kappa shape index (κ3) is 3.22. The Kier molecular flexibility index (Phi) is 4.71. The van der Waals surface area contributed by atoms with Crippen LogP contribution in [-0.4, -0.2) is 16.4 Å². The molecule has 0 heterocycles. The van der Waals surface area contributed by atoms with E-state index in [2.05, 4.69) is 0 Å². The highest BCUT2D eigenvalue weighted by Crippen LogP contribution is 2.26. The number of amides is 1. The number of hydrogen-bond acceptors (Lipinski definition) is 3. The van der Waals surface area contributed by atoms with Gasteiger partial charge in [-0.15, -0.1) is 11.8 Å². The number of para-hydroxylation sites is 2. The molecule has 0 radical (unpaired) electrons. The number of hydrogen-bond donors (Lipinski definition) is 0. The minimum Gasteiger partial charge on any atom is -0.276 e. The van der Waals surface area contributed by atoms with E-state index in [-0.39, 0.29) is 5.91 Å². The maximum Gasteiger partial charge on any atom is 0.280 e. The zero-order valence-electron chi connectivity index (χ0n) is 10.4. The predicted octanol–water partition coefficient (Wildman–Crippen LogP) is 4.04. The first-order valence-electron chi connectivity index (χ1n) is 5.76. The molecule has 0 unspecified atom stereocenters. The molecule has 0 saturated carbocycles. The van der Waals surface area contributed by atoms with Crippen molar-refractivity contribution < 1.29 is 4.79 Å². The summed E-state index contributed by atoms with van der Waals surface area (Å²) in [6, 6.07) is 19.0. The quantitative estimate of drug-likeness (QED) is 0.777. The van der Waals surface area contributed by atoms with Crippen LogP contribution in [0, 0.1) is 0 Å². The molecule has 0 saturated heterocycles. The van der Waals surface area contributed by atoms with Gasteiger partial charge in [-0.25, -0.2) is 0 Å². The molecule has 0 N–H and O–H groups in total. The number of thioether (sulfide) groups is 1. The average molecular weight is 287 g/mol. The van der Waals surface area contributed by atoms with E-state index in [0.717, 1.165) is 11.4 Å². The fraction of sp³-hybridized carbons (Fsp3) is 0.0667. The van der Waals surface area contributed by atoms with Crippen LogP contribution in [0.5, 0.6) is 0 Å². The molecule has 19 heavy (non-hydrogen) atoms. The van der Waals surface area contributed by atoms with E-state index in [4.69, 9.17) is 12.2 Å². The molecule has 0 aliphatic carbocycles. The van der Waals surface area contributed by atoms with E-state index >= 15 is 0 Å². The molecule has 0 fully saturated rings. The lowest BCUT2D eigenvalue weighted by molar-refractivity contribution is -0.111. The van der Waals surface area contributed by atoms with Gasteiger partial charge in [-0.2, -0.15) is 0 Å². The molecule has 1 amide bonds. The van der Waals surface area contributed by atoms with Crippen molar-refractivity contribution in [2.24, 2.45) is 0 Å². The van der Waals surface area contributed by atoms with Crippen LogP contribution in [0.25, 0.3) is 0 Å². The Morgan fingerprint density at radius 2 is 1.37 bits per heavy atom. The van der Waals surface area contributed by atoms with Crippen LogP contribution < -0.4 is 4.90 Å². The first-order chi connectivity index (χ1) is 9.24. The SMILES string of the molecule is CSC(=S)C(=O)N(c1ccccc1)c1ccccc1. The Balaban J connectivity index is 2.46. The van der Waals surface area contributed by atoms with Crippen LogP contribution in [-0.2, 0) is 4.79 Å². The standard InChI is InChI=1S/C15H13NOS2/c1-19-15(18)14(17)16(12-8-4-2-5-9-12)13-10-6-3-7-11-13/h2-11H,1H3. The Morgan fingerprint density at radius 3 is 1.74 bits per heavy atom. The molecule has 2 rings (SSSR count). The zero-order valence-corrected chi connectivity index (χ0v) is 12.1. The summed E-state index contributed by atoms with van der Waals surface area (Å²) in [6.07, 6.45) is 1.81. The van der Waals surface area contributed by atoms with E-state index in [9.17, 15) is 4.79 Å². The van der Waals surface area contributed by atoms with Gasteiger partial charge in [0.05, 0.1) is 0 Å². The lowest BCUT2D eigenvalue weighted by Gasteiger charge is -2.22. The van der Waals surface area contributed by atoms with Crippen molar-refractivity contribution in [1.29, 1.82) is 0 Å². The molecule has 0 aliphatic rings. The smallest absolute Gasteiger partial charge is 0.276 e. The molecule has 0 aromatic heterocycles. The first kappa shape index (κ1) is 13.8. The summed E-state index contributed by atoms with van der Waals surface area (Å²) in [7, 11) is 0. The van der Waals surface area contributed by atoms with Gasteiger partial charge in [0.1, 0.15) is 4.20 Å². The number of benzene rings is 2. The highest BCUT2D eigenvalue weighted by molar-refractivity contribution is 8.24. The van der Waals surface area contributed by atoms with Gasteiger partial charge < -0.3 is 0 Å². The van der Waals surface area contributed by atoms with Gasteiger partial charge in [0, 0.05) is 11.4 Å². The highest BCUT2D eigenvalue weighted by atomic mass is 32.2. The summed E-state index contributed by atoms with van der Waals surface area (Å²) in [4.78, 5) is 14.1. The van der Waals surface area contributed by atoms with Crippen molar-refractivity contribution in [2.75, 3.05) is 11.2 Å². The number of anilines is 2. The van der Waals surface area contributed by atoms with Crippen LogP contribution in [0.15, 0.2) is 60.7 Å². The van der Waals surface area contributed by atoms with Crippen molar-refractivity contribution in [3.8, 4) is 0 Å². The molecule has 2 nitrogen and oxygen atoms in total. The minimum absolute atomic E-state index is 0.167. The van der Waals surface area contributed by atoms with Crippen LogP contribution in [0.1, 0.15) is 0 Å². The second-order valence-corrected chi connectivity index (χ2v) is 5.29. The summed E-state index contributed by atoms with van der Waals surface area (Å²) in [6.45, 7) is 0. The number of carbonyl (C=O) groups is 1. The van der Waals surface area contributed by atoms with Crippen LogP contribution in [0.2, 0.25) is 0 Å². The normalized spacial score (nSPS) is 9.95. The number of rotatable bonds is 2. The zero-order chi connectivity index (χ0) is 13.7. The summed E-state index contributed by atoms with van der Waals surface area (Å²) < 4.78 is 0.354. The largest absolute Gasteiger partial charge is 0.280 e. The monoisotopic (exact) mass is 287 g/mol. The number of nitrogens with zero attached hydrogens (tertiary/aromatic N) is 1. The fourth-order valence-electron chi connectivity index (χ4n) is 1.72. The third-order valence-electron chi connectivity index (χ3n) is 2.59. The van der Waals surface area contributed by atoms with Gasteiger partial charge in [-0.3, -0.25) is 9.69 Å². The summed E-state index contributed by atoms with van der Waals surface area (Å²) in [5.74, 6) is -0.167. The first-order valence-corrected chi connectivity index (χ1v) is 7.40. The summed E-state index contributed by atoms with van der Waals surface area (Å²) in [5, 5.41) is 0. The van der Waals surface area contributed by atoms with Gasteiger partial charge >= 0.3 is 0 Å². The van der Waals surface area contributed by atoms with E-state index in [1.165, 1.54) is 11.8 Å². The van der Waals surface area contributed by atoms with Crippen molar-refractivity contribution in [2.45, 2.75) is 0 Å². The molecule has 0 atom stereocenters. The van der Waals surface area contributed by atoms with Crippen LogP contribution in [0.3, 0.4) is 0 Å². The van der Waals surface area contributed by atoms with Gasteiger partial charge in [0.15, 0.2) is 0 Å². The maximum absolute atomic E-state index is 12.4. The van der Waals surface area contributed by atoms with Gasteiger partial charge in [0.25, 0.3) is 5.91 Å². The Hall–Kier alpha value is -1.65. The molecule has 4 heteroatoms. The summed E-state index contributed by atoms with van der Waals surface area (Å²) >= 11 is 6.42. The average Bonchev–Trinajstić information content (AvgIpc) is 2.49. The van der Waals surface area contributed by atoms with Crippen molar-refractivity contribution in [1.82, 2.24) is 0 Å². The minimum atomic E-state index is -0.167. The lowest BCUT2D eigenvalue weighted by atomic mass is 10.2. The Bertz CT molecular complexity index is 530. The summed E-state index contributed by atoms with van der Waals surface area (Å²) in [5.41, 5.74) is 1.63. The fourth-order valence-corrected chi connectivity index (χ4v) is 2.07. The second kappa shape index (κ2) is 6.50. The molecule has 0 bridgehead atoms. The number of carbonyl (C=O) groups excluding carboxylic acids is 1. The van der Waals surface area contributed by atoms with Crippen LogP contribution >= 0.6 is 24.0 Å². The van der Waals surface area contributed by atoms with Gasteiger partial charge in [0.2, 0.25) is 0 Å². The third-order valence-corrected chi connectivity index (χ3v) is 3.81. The molecule has 0 spiro atoms. The van der Waals surface area contributed by atoms with Crippen molar-refractivity contribution in [3.63, 3.8) is 0 Å². The number of thiocarbonyl (C=S) groups is 1.